The molecule has 0 aromatic carbocycles. The SMILES string of the molecule is CCOC(=O)C1CCCN(CC(C)(O)CC)C1. The van der Waals surface area contributed by atoms with Gasteiger partial charge in [0.05, 0.1) is 18.1 Å². The molecule has 0 aromatic rings. The highest BCUT2D eigenvalue weighted by atomic mass is 16.5. The monoisotopic (exact) mass is 243 g/mol. The molecule has 2 atom stereocenters. The zero-order valence-corrected chi connectivity index (χ0v) is 11.2. The van der Waals surface area contributed by atoms with Crippen LogP contribution in [0.5, 0.6) is 0 Å². The molecule has 0 amide bonds. The molecule has 1 N–H and O–H groups in total. The van der Waals surface area contributed by atoms with Gasteiger partial charge in [-0.25, -0.2) is 0 Å². The number of β-amino-alcohol motifs (C(OH)–C–C–N with tert-alkyl or cyclic N) is 1. The number of carbonyl (C=O) groups excluding carboxylic acids is 1. The van der Waals surface area contributed by atoms with E-state index in [-0.39, 0.29) is 11.9 Å². The molecule has 1 saturated heterocycles. The Labute approximate surface area is 104 Å². The van der Waals surface area contributed by atoms with Crippen molar-refractivity contribution >= 4 is 5.97 Å². The Morgan fingerprint density at radius 3 is 2.82 bits per heavy atom. The van der Waals surface area contributed by atoms with Crippen LogP contribution in [0.3, 0.4) is 0 Å². The van der Waals surface area contributed by atoms with Gasteiger partial charge in [0.15, 0.2) is 0 Å². The van der Waals surface area contributed by atoms with Crippen LogP contribution in [0.25, 0.3) is 0 Å². The third-order valence-corrected chi connectivity index (χ3v) is 3.45. The van der Waals surface area contributed by atoms with Gasteiger partial charge in [0, 0.05) is 13.1 Å². The number of aliphatic hydroxyl groups is 1. The van der Waals surface area contributed by atoms with Crippen molar-refractivity contribution in [3.63, 3.8) is 0 Å². The summed E-state index contributed by atoms with van der Waals surface area (Å²) >= 11 is 0. The van der Waals surface area contributed by atoms with Gasteiger partial charge in [-0.15, -0.1) is 0 Å². The van der Waals surface area contributed by atoms with E-state index >= 15 is 0 Å². The number of hydrogen-bond donors (Lipinski definition) is 1. The van der Waals surface area contributed by atoms with Crippen LogP contribution in [-0.4, -0.2) is 47.8 Å². The number of ether oxygens (including phenoxy) is 1. The van der Waals surface area contributed by atoms with Crippen molar-refractivity contribution in [1.29, 1.82) is 0 Å². The lowest BCUT2D eigenvalue weighted by Crippen LogP contribution is -2.46. The second-order valence-electron chi connectivity index (χ2n) is 5.18. The van der Waals surface area contributed by atoms with Gasteiger partial charge in [-0.1, -0.05) is 6.92 Å². The van der Waals surface area contributed by atoms with Gasteiger partial charge in [-0.05, 0) is 39.7 Å². The number of carbonyl (C=O) groups is 1. The van der Waals surface area contributed by atoms with Gasteiger partial charge in [-0.3, -0.25) is 9.69 Å². The van der Waals surface area contributed by atoms with E-state index in [0.717, 1.165) is 32.4 Å². The van der Waals surface area contributed by atoms with E-state index < -0.39 is 5.60 Å². The molecule has 1 heterocycles. The van der Waals surface area contributed by atoms with Crippen molar-refractivity contribution in [1.82, 2.24) is 4.90 Å². The third-order valence-electron chi connectivity index (χ3n) is 3.45. The average Bonchev–Trinajstić information content (AvgIpc) is 2.29. The van der Waals surface area contributed by atoms with Crippen LogP contribution in [0.15, 0.2) is 0 Å². The maximum Gasteiger partial charge on any atom is 0.310 e. The van der Waals surface area contributed by atoms with Crippen LogP contribution < -0.4 is 0 Å². The Balaban J connectivity index is 2.46. The van der Waals surface area contributed by atoms with Crippen LogP contribution in [0.4, 0.5) is 0 Å². The highest BCUT2D eigenvalue weighted by Gasteiger charge is 2.30. The minimum Gasteiger partial charge on any atom is -0.466 e. The van der Waals surface area contributed by atoms with Crippen molar-refractivity contribution in [2.45, 2.75) is 45.6 Å². The fourth-order valence-corrected chi connectivity index (χ4v) is 2.25. The first-order chi connectivity index (χ1) is 7.98. The molecule has 0 saturated carbocycles. The predicted octanol–water partition coefficient (Wildman–Crippen LogP) is 1.42. The van der Waals surface area contributed by atoms with Crippen molar-refractivity contribution < 1.29 is 14.6 Å². The van der Waals surface area contributed by atoms with Crippen molar-refractivity contribution in [3.05, 3.63) is 0 Å². The molecule has 4 nitrogen and oxygen atoms in total. The summed E-state index contributed by atoms with van der Waals surface area (Å²) in [4.78, 5) is 13.8. The summed E-state index contributed by atoms with van der Waals surface area (Å²) in [5, 5.41) is 10.0. The largest absolute Gasteiger partial charge is 0.466 e. The van der Waals surface area contributed by atoms with Crippen molar-refractivity contribution in [2.75, 3.05) is 26.2 Å². The summed E-state index contributed by atoms with van der Waals surface area (Å²) in [6.07, 6.45) is 2.64. The van der Waals surface area contributed by atoms with E-state index in [4.69, 9.17) is 4.74 Å². The van der Waals surface area contributed by atoms with E-state index in [1.54, 1.807) is 0 Å². The second kappa shape index (κ2) is 6.36. The van der Waals surface area contributed by atoms with E-state index in [1.165, 1.54) is 0 Å². The molecule has 0 aliphatic carbocycles. The Morgan fingerprint density at radius 1 is 1.53 bits per heavy atom. The highest BCUT2D eigenvalue weighted by molar-refractivity contribution is 5.72. The molecular formula is C13H25NO3. The zero-order valence-electron chi connectivity index (χ0n) is 11.2. The number of esters is 1. The fourth-order valence-electron chi connectivity index (χ4n) is 2.25. The third kappa shape index (κ3) is 4.64. The number of nitrogens with zero attached hydrogens (tertiary/aromatic N) is 1. The normalized spacial score (nSPS) is 25.3. The molecule has 100 valence electrons. The average molecular weight is 243 g/mol. The van der Waals surface area contributed by atoms with Crippen LogP contribution in [-0.2, 0) is 9.53 Å². The van der Waals surface area contributed by atoms with Gasteiger partial charge in [0.2, 0.25) is 0 Å². The van der Waals surface area contributed by atoms with Crippen LogP contribution in [0.2, 0.25) is 0 Å². The van der Waals surface area contributed by atoms with Gasteiger partial charge in [0.25, 0.3) is 0 Å². The van der Waals surface area contributed by atoms with Crippen LogP contribution in [0, 0.1) is 5.92 Å². The maximum atomic E-state index is 11.7. The Hall–Kier alpha value is -0.610. The summed E-state index contributed by atoms with van der Waals surface area (Å²) < 4.78 is 5.06. The summed E-state index contributed by atoms with van der Waals surface area (Å²) in [6, 6.07) is 0. The summed E-state index contributed by atoms with van der Waals surface area (Å²) in [5.74, 6) is -0.107. The Morgan fingerprint density at radius 2 is 2.24 bits per heavy atom. The molecule has 0 radical (unpaired) electrons. The van der Waals surface area contributed by atoms with E-state index in [0.29, 0.717) is 13.2 Å². The van der Waals surface area contributed by atoms with E-state index in [9.17, 15) is 9.90 Å². The lowest BCUT2D eigenvalue weighted by Gasteiger charge is -2.36. The van der Waals surface area contributed by atoms with E-state index in [1.807, 2.05) is 20.8 Å². The quantitative estimate of drug-likeness (QED) is 0.742. The number of rotatable bonds is 5. The predicted molar refractivity (Wildman–Crippen MR) is 66.7 cm³/mol. The Bertz CT molecular complexity index is 253. The molecule has 0 aromatic heterocycles. The minimum absolute atomic E-state index is 0.0173. The molecule has 1 rings (SSSR count). The highest BCUT2D eigenvalue weighted by Crippen LogP contribution is 2.20. The molecular weight excluding hydrogens is 218 g/mol. The molecule has 4 heteroatoms. The molecule has 1 fully saturated rings. The molecule has 0 bridgehead atoms. The van der Waals surface area contributed by atoms with Crippen molar-refractivity contribution in [3.8, 4) is 0 Å². The summed E-state index contributed by atoms with van der Waals surface area (Å²) in [7, 11) is 0. The van der Waals surface area contributed by atoms with Gasteiger partial charge < -0.3 is 9.84 Å². The Kier molecular flexibility index (Phi) is 5.40. The zero-order chi connectivity index (χ0) is 12.9. The molecule has 1 aliphatic rings. The molecule has 1 aliphatic heterocycles. The van der Waals surface area contributed by atoms with Crippen LogP contribution in [0.1, 0.15) is 40.0 Å². The molecule has 2 unspecified atom stereocenters. The number of likely N-dealkylation sites (tertiary alicyclic amines) is 1. The summed E-state index contributed by atoms with van der Waals surface area (Å²) in [5.41, 5.74) is -0.656. The van der Waals surface area contributed by atoms with E-state index in [2.05, 4.69) is 4.90 Å². The fraction of sp³-hybridized carbons (Fsp3) is 0.923. The first-order valence-corrected chi connectivity index (χ1v) is 6.60. The number of piperidine rings is 1. The topological polar surface area (TPSA) is 49.8 Å². The van der Waals surface area contributed by atoms with Gasteiger partial charge in [-0.2, -0.15) is 0 Å². The standard InChI is InChI=1S/C13H25NO3/c1-4-13(3,16)10-14-8-6-7-11(9-14)12(15)17-5-2/h11,16H,4-10H2,1-3H3. The first-order valence-electron chi connectivity index (χ1n) is 6.60. The first kappa shape index (κ1) is 14.5. The minimum atomic E-state index is -0.656. The second-order valence-corrected chi connectivity index (χ2v) is 5.18. The smallest absolute Gasteiger partial charge is 0.310 e. The van der Waals surface area contributed by atoms with Crippen molar-refractivity contribution in [2.24, 2.45) is 5.92 Å². The lowest BCUT2D eigenvalue weighted by atomic mass is 9.95. The number of hydrogen-bond acceptors (Lipinski definition) is 4. The lowest BCUT2D eigenvalue weighted by molar-refractivity contribution is -0.150. The van der Waals surface area contributed by atoms with Crippen LogP contribution >= 0.6 is 0 Å². The van der Waals surface area contributed by atoms with Gasteiger partial charge >= 0.3 is 5.97 Å². The molecule has 0 spiro atoms. The molecule has 17 heavy (non-hydrogen) atoms. The maximum absolute atomic E-state index is 11.7. The summed E-state index contributed by atoms with van der Waals surface area (Å²) in [6.45, 7) is 8.43. The van der Waals surface area contributed by atoms with Gasteiger partial charge in [0.1, 0.15) is 0 Å².